The first-order valence-corrected chi connectivity index (χ1v) is 7.74. The van der Waals surface area contributed by atoms with Crippen LogP contribution in [0, 0.1) is 5.82 Å². The summed E-state index contributed by atoms with van der Waals surface area (Å²) >= 11 is 0. The van der Waals surface area contributed by atoms with Gasteiger partial charge < -0.3 is 5.11 Å². The van der Waals surface area contributed by atoms with Gasteiger partial charge in [-0.3, -0.25) is 0 Å². The molecule has 5 nitrogen and oxygen atoms in total. The quantitative estimate of drug-likeness (QED) is 0.882. The third kappa shape index (κ3) is 2.93. The van der Waals surface area contributed by atoms with Gasteiger partial charge >= 0.3 is 0 Å². The van der Waals surface area contributed by atoms with Gasteiger partial charge in [0.15, 0.2) is 5.82 Å². The van der Waals surface area contributed by atoms with Gasteiger partial charge in [0.1, 0.15) is 0 Å². The molecular weight excluding hydrogens is 271 g/mol. The first kappa shape index (κ1) is 14.4. The molecule has 106 valence electrons. The highest BCUT2D eigenvalue weighted by molar-refractivity contribution is 7.89. The number of rotatable bonds is 5. The first-order valence-electron chi connectivity index (χ1n) is 6.30. The molecular formula is C12H17FN2O3S. The Morgan fingerprint density at radius 1 is 1.53 bits per heavy atom. The van der Waals surface area contributed by atoms with Crippen LogP contribution in [0.25, 0.3) is 0 Å². The van der Waals surface area contributed by atoms with Crippen molar-refractivity contribution in [3.05, 3.63) is 24.1 Å². The molecule has 1 aliphatic heterocycles. The second-order valence-corrected chi connectivity index (χ2v) is 6.37. The highest BCUT2D eigenvalue weighted by atomic mass is 32.2. The number of hydrogen-bond acceptors (Lipinski definition) is 4. The van der Waals surface area contributed by atoms with Crippen molar-refractivity contribution in [2.75, 3.05) is 13.2 Å². The smallest absolute Gasteiger partial charge is 0.263 e. The van der Waals surface area contributed by atoms with E-state index in [1.807, 2.05) is 0 Å². The number of pyridine rings is 1. The van der Waals surface area contributed by atoms with E-state index in [0.717, 1.165) is 18.9 Å². The number of aromatic nitrogens is 1. The molecule has 2 rings (SSSR count). The summed E-state index contributed by atoms with van der Waals surface area (Å²) in [5.41, 5.74) is 0. The Morgan fingerprint density at radius 2 is 2.32 bits per heavy atom. The standard InChI is InChI=1S/C12H17FN2O3S/c13-11-6-1-7-14-12(11)19(17,18)15-8-2-4-10(15)5-3-9-16/h1,6-7,10,16H,2-5,8-9H2. The molecule has 19 heavy (non-hydrogen) atoms. The summed E-state index contributed by atoms with van der Waals surface area (Å²) in [6.07, 6.45) is 3.90. The molecule has 1 aliphatic rings. The number of sulfonamides is 1. The number of hydrogen-bond donors (Lipinski definition) is 1. The summed E-state index contributed by atoms with van der Waals surface area (Å²) in [5, 5.41) is 8.33. The van der Waals surface area contributed by atoms with Crippen molar-refractivity contribution in [2.45, 2.75) is 36.8 Å². The van der Waals surface area contributed by atoms with E-state index in [4.69, 9.17) is 5.11 Å². The minimum absolute atomic E-state index is 0.0301. The lowest BCUT2D eigenvalue weighted by Crippen LogP contribution is -2.36. The van der Waals surface area contributed by atoms with Gasteiger partial charge in [-0.05, 0) is 37.8 Å². The van der Waals surface area contributed by atoms with Gasteiger partial charge in [0.05, 0.1) is 0 Å². The van der Waals surface area contributed by atoms with Crippen molar-refractivity contribution in [3.8, 4) is 0 Å². The maximum atomic E-state index is 13.6. The van der Waals surface area contributed by atoms with Crippen LogP contribution in [0.5, 0.6) is 0 Å². The molecule has 2 heterocycles. The second-order valence-electron chi connectivity index (χ2n) is 4.57. The highest BCUT2D eigenvalue weighted by Crippen LogP contribution is 2.28. The van der Waals surface area contributed by atoms with Crippen LogP contribution in [-0.2, 0) is 10.0 Å². The minimum Gasteiger partial charge on any atom is -0.396 e. The molecule has 0 aromatic carbocycles. The molecule has 1 aromatic rings. The Morgan fingerprint density at radius 3 is 3.00 bits per heavy atom. The molecule has 7 heteroatoms. The molecule has 1 aromatic heterocycles. The van der Waals surface area contributed by atoms with E-state index in [1.54, 1.807) is 0 Å². The Bertz CT molecular complexity index is 536. The summed E-state index contributed by atoms with van der Waals surface area (Å²) < 4.78 is 39.7. The molecule has 1 saturated heterocycles. The van der Waals surface area contributed by atoms with Gasteiger partial charge in [0.25, 0.3) is 10.0 Å². The van der Waals surface area contributed by atoms with Crippen LogP contribution in [0.3, 0.4) is 0 Å². The molecule has 0 aliphatic carbocycles. The molecule has 1 N–H and O–H groups in total. The summed E-state index contributed by atoms with van der Waals surface area (Å²) in [7, 11) is -3.88. The Hall–Kier alpha value is -1.05. The van der Waals surface area contributed by atoms with Crippen LogP contribution in [0.1, 0.15) is 25.7 Å². The number of nitrogens with zero attached hydrogens (tertiary/aromatic N) is 2. The largest absolute Gasteiger partial charge is 0.396 e. The fraction of sp³-hybridized carbons (Fsp3) is 0.583. The number of halogens is 1. The van der Waals surface area contributed by atoms with E-state index in [9.17, 15) is 12.8 Å². The summed E-state index contributed by atoms with van der Waals surface area (Å²) in [6.45, 7) is 0.413. The zero-order valence-electron chi connectivity index (χ0n) is 10.5. The molecule has 0 saturated carbocycles. The lowest BCUT2D eigenvalue weighted by molar-refractivity contribution is 0.263. The van der Waals surface area contributed by atoms with Crippen LogP contribution in [0.4, 0.5) is 4.39 Å². The van der Waals surface area contributed by atoms with E-state index < -0.39 is 20.9 Å². The lowest BCUT2D eigenvalue weighted by atomic mass is 10.1. The van der Waals surface area contributed by atoms with Crippen LogP contribution in [0.2, 0.25) is 0 Å². The van der Waals surface area contributed by atoms with Gasteiger partial charge in [-0.1, -0.05) is 0 Å². The third-order valence-corrected chi connectivity index (χ3v) is 5.18. The molecule has 0 bridgehead atoms. The molecule has 1 unspecified atom stereocenters. The first-order chi connectivity index (χ1) is 9.07. The summed E-state index contributed by atoms with van der Waals surface area (Å²) in [6, 6.07) is 2.29. The molecule has 0 spiro atoms. The summed E-state index contributed by atoms with van der Waals surface area (Å²) in [5.74, 6) is -0.824. The summed E-state index contributed by atoms with van der Waals surface area (Å²) in [4.78, 5) is 3.66. The zero-order valence-corrected chi connectivity index (χ0v) is 11.3. The van der Waals surface area contributed by atoms with E-state index in [-0.39, 0.29) is 12.6 Å². The van der Waals surface area contributed by atoms with Crippen molar-refractivity contribution < 1.29 is 17.9 Å². The second kappa shape index (κ2) is 5.94. The SMILES string of the molecule is O=S(=O)(c1ncccc1F)N1CCCC1CCCO. The fourth-order valence-corrected chi connectivity index (χ4v) is 4.12. The molecule has 0 radical (unpaired) electrons. The van der Waals surface area contributed by atoms with E-state index in [0.29, 0.717) is 19.4 Å². The molecule has 1 atom stereocenters. The van der Waals surface area contributed by atoms with Gasteiger partial charge in [0, 0.05) is 25.4 Å². The van der Waals surface area contributed by atoms with Gasteiger partial charge in [0.2, 0.25) is 5.03 Å². The van der Waals surface area contributed by atoms with Crippen LogP contribution in [-0.4, -0.2) is 42.0 Å². The average molecular weight is 288 g/mol. The van der Waals surface area contributed by atoms with Gasteiger partial charge in [-0.25, -0.2) is 17.8 Å². The number of aliphatic hydroxyl groups is 1. The van der Waals surface area contributed by atoms with Gasteiger partial charge in [-0.15, -0.1) is 0 Å². The maximum absolute atomic E-state index is 13.6. The van der Waals surface area contributed by atoms with Gasteiger partial charge in [-0.2, -0.15) is 4.31 Å². The van der Waals surface area contributed by atoms with Crippen LogP contribution >= 0.6 is 0 Å². The number of aliphatic hydroxyl groups excluding tert-OH is 1. The topological polar surface area (TPSA) is 70.5 Å². The van der Waals surface area contributed by atoms with Crippen molar-refractivity contribution in [3.63, 3.8) is 0 Å². The Labute approximate surface area is 112 Å². The zero-order chi connectivity index (χ0) is 13.9. The lowest BCUT2D eigenvalue weighted by Gasteiger charge is -2.23. The fourth-order valence-electron chi connectivity index (χ4n) is 2.41. The van der Waals surface area contributed by atoms with Crippen molar-refractivity contribution in [2.24, 2.45) is 0 Å². The maximum Gasteiger partial charge on any atom is 0.263 e. The predicted molar refractivity (Wildman–Crippen MR) is 67.4 cm³/mol. The molecule has 0 amide bonds. The average Bonchev–Trinajstić information content (AvgIpc) is 2.85. The molecule has 1 fully saturated rings. The highest BCUT2D eigenvalue weighted by Gasteiger charge is 2.37. The monoisotopic (exact) mass is 288 g/mol. The predicted octanol–water partition coefficient (Wildman–Crippen LogP) is 1.15. The van der Waals surface area contributed by atoms with E-state index in [2.05, 4.69) is 4.98 Å². The van der Waals surface area contributed by atoms with E-state index >= 15 is 0 Å². The van der Waals surface area contributed by atoms with E-state index in [1.165, 1.54) is 16.6 Å². The Kier molecular flexibility index (Phi) is 4.49. The van der Waals surface area contributed by atoms with Crippen molar-refractivity contribution in [1.82, 2.24) is 9.29 Å². The Balaban J connectivity index is 2.26. The van der Waals surface area contributed by atoms with Crippen LogP contribution in [0.15, 0.2) is 23.4 Å². The minimum atomic E-state index is -3.88. The third-order valence-electron chi connectivity index (χ3n) is 3.30. The van der Waals surface area contributed by atoms with Crippen molar-refractivity contribution >= 4 is 10.0 Å². The van der Waals surface area contributed by atoms with Crippen molar-refractivity contribution in [1.29, 1.82) is 0 Å². The normalized spacial score (nSPS) is 20.8. The van der Waals surface area contributed by atoms with Crippen LogP contribution < -0.4 is 0 Å².